The van der Waals surface area contributed by atoms with Crippen LogP contribution in [-0.4, -0.2) is 41.3 Å². The minimum Gasteiger partial charge on any atom is -0.459 e. The highest BCUT2D eigenvalue weighted by molar-refractivity contribution is 7.17. The Morgan fingerprint density at radius 1 is 1.40 bits per heavy atom. The van der Waals surface area contributed by atoms with Crippen LogP contribution in [0.3, 0.4) is 0 Å². The van der Waals surface area contributed by atoms with E-state index in [0.29, 0.717) is 41.0 Å². The van der Waals surface area contributed by atoms with Gasteiger partial charge in [-0.15, -0.1) is 11.3 Å². The van der Waals surface area contributed by atoms with Crippen molar-refractivity contribution in [3.05, 3.63) is 28.5 Å². The number of amides is 2. The second-order valence-corrected chi connectivity index (χ2v) is 7.33. The first-order chi connectivity index (χ1) is 12.0. The lowest BCUT2D eigenvalue weighted by Crippen LogP contribution is -2.45. The fourth-order valence-electron chi connectivity index (χ4n) is 3.09. The van der Waals surface area contributed by atoms with E-state index in [9.17, 15) is 9.59 Å². The summed E-state index contributed by atoms with van der Waals surface area (Å²) < 4.78 is 5.61. The lowest BCUT2D eigenvalue weighted by Gasteiger charge is -2.31. The average molecular weight is 361 g/mol. The molecule has 1 aliphatic rings. The Morgan fingerprint density at radius 2 is 2.20 bits per heavy atom. The number of thiazole rings is 1. The maximum Gasteiger partial charge on any atom is 0.265 e. The third-order valence-electron chi connectivity index (χ3n) is 4.37. The monoisotopic (exact) mass is 361 g/mol. The molecule has 2 aromatic heterocycles. The van der Waals surface area contributed by atoms with Gasteiger partial charge in [0.15, 0.2) is 10.8 Å². The van der Waals surface area contributed by atoms with Crippen LogP contribution in [0.2, 0.25) is 0 Å². The second kappa shape index (κ2) is 7.39. The van der Waals surface area contributed by atoms with Gasteiger partial charge in [0.05, 0.1) is 11.6 Å². The summed E-state index contributed by atoms with van der Waals surface area (Å²) in [6.45, 7) is 7.39. The summed E-state index contributed by atoms with van der Waals surface area (Å²) in [5.41, 5.74) is 0.708. The molecule has 1 fully saturated rings. The molecule has 134 valence electrons. The van der Waals surface area contributed by atoms with Crippen LogP contribution >= 0.6 is 11.3 Å². The molecule has 1 atom stereocenters. The molecule has 25 heavy (non-hydrogen) atoms. The van der Waals surface area contributed by atoms with Gasteiger partial charge in [-0.2, -0.15) is 0 Å². The number of carbonyl (C=O) groups excluding carboxylic acids is 2. The largest absolute Gasteiger partial charge is 0.459 e. The lowest BCUT2D eigenvalue weighted by molar-refractivity contribution is -0.126. The third-order valence-corrected chi connectivity index (χ3v) is 5.53. The van der Waals surface area contributed by atoms with Gasteiger partial charge in [-0.25, -0.2) is 4.98 Å². The van der Waals surface area contributed by atoms with Crippen LogP contribution in [0.15, 0.2) is 16.5 Å². The molecule has 0 aromatic carbocycles. The molecular formula is C18H23N3O3S. The maximum atomic E-state index is 12.9. The first kappa shape index (κ1) is 17.7. The Hall–Kier alpha value is -2.15. The van der Waals surface area contributed by atoms with E-state index >= 15 is 0 Å². The van der Waals surface area contributed by atoms with Crippen molar-refractivity contribution >= 4 is 23.2 Å². The number of aromatic nitrogens is 1. The summed E-state index contributed by atoms with van der Waals surface area (Å²) >= 11 is 1.35. The third kappa shape index (κ3) is 3.76. The number of furan rings is 1. The van der Waals surface area contributed by atoms with E-state index in [1.54, 1.807) is 4.90 Å². The van der Waals surface area contributed by atoms with Crippen molar-refractivity contribution in [1.29, 1.82) is 0 Å². The predicted octanol–water partition coefficient (Wildman–Crippen LogP) is 3.01. The summed E-state index contributed by atoms with van der Waals surface area (Å²) in [4.78, 5) is 31.9. The van der Waals surface area contributed by atoms with Gasteiger partial charge in [-0.3, -0.25) is 9.59 Å². The molecule has 1 N–H and O–H groups in total. The summed E-state index contributed by atoms with van der Waals surface area (Å²) in [5.74, 6) is 1.37. The molecule has 7 heteroatoms. The minimum absolute atomic E-state index is 0.0350. The van der Waals surface area contributed by atoms with E-state index < -0.39 is 0 Å². The van der Waals surface area contributed by atoms with Gasteiger partial charge in [0, 0.05) is 19.6 Å². The van der Waals surface area contributed by atoms with Gasteiger partial charge in [-0.1, -0.05) is 0 Å². The molecule has 6 nitrogen and oxygen atoms in total. The Kier molecular flexibility index (Phi) is 5.22. The fraction of sp³-hybridized carbons (Fsp3) is 0.500. The smallest absolute Gasteiger partial charge is 0.265 e. The Labute approximate surface area is 151 Å². The molecule has 1 aliphatic heterocycles. The molecule has 1 saturated heterocycles. The first-order valence-electron chi connectivity index (χ1n) is 8.60. The molecule has 0 aliphatic carbocycles. The van der Waals surface area contributed by atoms with Gasteiger partial charge in [-0.05, 0) is 45.7 Å². The van der Waals surface area contributed by atoms with Crippen molar-refractivity contribution in [1.82, 2.24) is 15.2 Å². The van der Waals surface area contributed by atoms with Crippen LogP contribution in [0.4, 0.5) is 0 Å². The van der Waals surface area contributed by atoms with E-state index in [1.807, 2.05) is 32.9 Å². The lowest BCUT2D eigenvalue weighted by atomic mass is 9.97. The SMILES string of the molecule is CCNC(=O)C1CCCN(C(=O)c2sc(-c3ccc(C)o3)nc2C)C1. The second-order valence-electron chi connectivity index (χ2n) is 6.33. The predicted molar refractivity (Wildman–Crippen MR) is 96.6 cm³/mol. The number of piperidine rings is 1. The Balaban J connectivity index is 1.76. The Bertz CT molecular complexity index is 780. The first-order valence-corrected chi connectivity index (χ1v) is 9.42. The zero-order chi connectivity index (χ0) is 18.0. The molecule has 1 unspecified atom stereocenters. The van der Waals surface area contributed by atoms with Crippen LogP contribution in [-0.2, 0) is 4.79 Å². The van der Waals surface area contributed by atoms with Gasteiger partial charge < -0.3 is 14.6 Å². The highest BCUT2D eigenvalue weighted by Gasteiger charge is 2.30. The van der Waals surface area contributed by atoms with Crippen molar-refractivity contribution in [2.45, 2.75) is 33.6 Å². The van der Waals surface area contributed by atoms with Crippen molar-refractivity contribution in [2.75, 3.05) is 19.6 Å². The summed E-state index contributed by atoms with van der Waals surface area (Å²) in [6, 6.07) is 3.75. The summed E-state index contributed by atoms with van der Waals surface area (Å²) in [6.07, 6.45) is 1.67. The van der Waals surface area contributed by atoms with E-state index in [4.69, 9.17) is 4.42 Å². The highest BCUT2D eigenvalue weighted by atomic mass is 32.1. The van der Waals surface area contributed by atoms with Crippen molar-refractivity contribution in [2.24, 2.45) is 5.92 Å². The van der Waals surface area contributed by atoms with Crippen LogP contribution in [0.1, 0.15) is 40.9 Å². The number of hydrogen-bond donors (Lipinski definition) is 1. The number of aryl methyl sites for hydroxylation is 2. The number of likely N-dealkylation sites (tertiary alicyclic amines) is 1. The van der Waals surface area contributed by atoms with E-state index in [1.165, 1.54) is 11.3 Å². The number of carbonyl (C=O) groups is 2. The van der Waals surface area contributed by atoms with Crippen LogP contribution < -0.4 is 5.32 Å². The molecule has 0 saturated carbocycles. The van der Waals surface area contributed by atoms with Crippen LogP contribution in [0.25, 0.3) is 10.8 Å². The number of nitrogens with one attached hydrogen (secondary N) is 1. The molecule has 2 aromatic rings. The minimum atomic E-state index is -0.127. The standard InChI is InChI=1S/C18H23N3O3S/c1-4-19-16(22)13-6-5-9-21(10-13)18(23)15-12(3)20-17(25-15)14-8-7-11(2)24-14/h7-8,13H,4-6,9-10H2,1-3H3,(H,19,22). The highest BCUT2D eigenvalue weighted by Crippen LogP contribution is 2.31. The topological polar surface area (TPSA) is 75.4 Å². The molecule has 3 rings (SSSR count). The zero-order valence-corrected chi connectivity index (χ0v) is 15.6. The van der Waals surface area contributed by atoms with Gasteiger partial charge >= 0.3 is 0 Å². The number of nitrogens with zero attached hydrogens (tertiary/aromatic N) is 2. The number of rotatable bonds is 4. The molecule has 0 radical (unpaired) electrons. The van der Waals surface area contributed by atoms with E-state index in [0.717, 1.165) is 18.6 Å². The zero-order valence-electron chi connectivity index (χ0n) is 14.8. The molecule has 3 heterocycles. The molecule has 2 amide bonds. The van der Waals surface area contributed by atoms with Gasteiger partial charge in [0.1, 0.15) is 10.6 Å². The maximum absolute atomic E-state index is 12.9. The molecule has 0 bridgehead atoms. The average Bonchev–Trinajstić information content (AvgIpc) is 3.20. The van der Waals surface area contributed by atoms with Gasteiger partial charge in [0.25, 0.3) is 5.91 Å². The summed E-state index contributed by atoms with van der Waals surface area (Å²) in [7, 11) is 0. The molecule has 0 spiro atoms. The van der Waals surface area contributed by atoms with Gasteiger partial charge in [0.2, 0.25) is 5.91 Å². The van der Waals surface area contributed by atoms with Crippen molar-refractivity contribution in [3.8, 4) is 10.8 Å². The summed E-state index contributed by atoms with van der Waals surface area (Å²) in [5, 5.41) is 3.57. The fourth-order valence-corrected chi connectivity index (χ4v) is 4.08. The molecular weight excluding hydrogens is 338 g/mol. The van der Waals surface area contributed by atoms with Crippen LogP contribution in [0, 0.1) is 19.8 Å². The van der Waals surface area contributed by atoms with Crippen molar-refractivity contribution < 1.29 is 14.0 Å². The van der Waals surface area contributed by atoms with Crippen molar-refractivity contribution in [3.63, 3.8) is 0 Å². The quantitative estimate of drug-likeness (QED) is 0.908. The van der Waals surface area contributed by atoms with E-state index in [2.05, 4.69) is 10.3 Å². The number of hydrogen-bond acceptors (Lipinski definition) is 5. The Morgan fingerprint density at radius 3 is 2.88 bits per heavy atom. The normalized spacial score (nSPS) is 17.6. The van der Waals surface area contributed by atoms with E-state index in [-0.39, 0.29) is 17.7 Å². The van der Waals surface area contributed by atoms with Crippen LogP contribution in [0.5, 0.6) is 0 Å².